The second kappa shape index (κ2) is 5.62. The first-order valence-electron chi connectivity index (χ1n) is 7.97. The third-order valence-electron chi connectivity index (χ3n) is 5.62. The Hall–Kier alpha value is -1.06. The van der Waals surface area contributed by atoms with Gasteiger partial charge in [0.05, 0.1) is 13.2 Å². The van der Waals surface area contributed by atoms with E-state index in [1.807, 2.05) is 7.11 Å². The van der Waals surface area contributed by atoms with Gasteiger partial charge in [0.2, 0.25) is 0 Å². The Morgan fingerprint density at radius 3 is 2.24 bits per heavy atom. The molecule has 2 aliphatic carbocycles. The van der Waals surface area contributed by atoms with E-state index in [9.17, 15) is 0 Å². The highest BCUT2D eigenvalue weighted by Gasteiger charge is 2.49. The lowest BCUT2D eigenvalue weighted by atomic mass is 9.63. The maximum absolute atomic E-state index is 5.53. The zero-order chi connectivity index (χ0) is 15.0. The third-order valence-corrected chi connectivity index (χ3v) is 5.62. The van der Waals surface area contributed by atoms with Gasteiger partial charge >= 0.3 is 0 Å². The Bertz CT molecular complexity index is 476. The van der Waals surface area contributed by atoms with Crippen molar-refractivity contribution in [2.75, 3.05) is 14.2 Å². The van der Waals surface area contributed by atoms with Crippen LogP contribution < -0.4 is 10.1 Å². The number of hydrogen-bond donors (Lipinski definition) is 1. The van der Waals surface area contributed by atoms with E-state index in [-0.39, 0.29) is 5.41 Å². The Balaban J connectivity index is 1.48. The summed E-state index contributed by atoms with van der Waals surface area (Å²) in [7, 11) is 3.54. The van der Waals surface area contributed by atoms with E-state index in [1.165, 1.54) is 18.4 Å². The van der Waals surface area contributed by atoms with Crippen molar-refractivity contribution in [1.29, 1.82) is 0 Å². The molecule has 0 amide bonds. The second-order valence-electron chi connectivity index (χ2n) is 7.14. The second-order valence-corrected chi connectivity index (χ2v) is 7.14. The fraction of sp³-hybridized carbons (Fsp3) is 0.667. The van der Waals surface area contributed by atoms with E-state index in [4.69, 9.17) is 9.47 Å². The Morgan fingerprint density at radius 1 is 1.05 bits per heavy atom. The standard InChI is InChI=1S/C18H27NO2/c1-18(2)16(11-17(18)21-4)19-14-9-13(10-14)12-5-7-15(20-3)8-6-12/h5-8,13-14,16-17,19H,9-11H2,1-4H3. The zero-order valence-electron chi connectivity index (χ0n) is 13.6. The smallest absolute Gasteiger partial charge is 0.118 e. The quantitative estimate of drug-likeness (QED) is 0.902. The Morgan fingerprint density at radius 2 is 1.71 bits per heavy atom. The van der Waals surface area contributed by atoms with Crippen LogP contribution in [0.1, 0.15) is 44.6 Å². The van der Waals surface area contributed by atoms with Crippen LogP contribution in [0.2, 0.25) is 0 Å². The number of ether oxygens (including phenoxy) is 2. The lowest BCUT2D eigenvalue weighted by Gasteiger charge is -2.54. The SMILES string of the molecule is COc1ccc(C2CC(NC3CC(OC)C3(C)C)C2)cc1. The summed E-state index contributed by atoms with van der Waals surface area (Å²) in [6.07, 6.45) is 4.05. The first-order valence-corrected chi connectivity index (χ1v) is 7.97. The normalized spacial score (nSPS) is 33.9. The van der Waals surface area contributed by atoms with Gasteiger partial charge in [0.25, 0.3) is 0 Å². The minimum atomic E-state index is 0.264. The van der Waals surface area contributed by atoms with Crippen LogP contribution in [-0.2, 0) is 4.74 Å². The summed E-state index contributed by atoms with van der Waals surface area (Å²) in [5.41, 5.74) is 1.71. The van der Waals surface area contributed by atoms with Crippen LogP contribution in [0.25, 0.3) is 0 Å². The number of benzene rings is 1. The molecule has 1 N–H and O–H groups in total. The summed E-state index contributed by atoms with van der Waals surface area (Å²) in [4.78, 5) is 0. The van der Waals surface area contributed by atoms with Gasteiger partial charge in [-0.05, 0) is 42.9 Å². The fourth-order valence-electron chi connectivity index (χ4n) is 3.75. The molecule has 3 heteroatoms. The van der Waals surface area contributed by atoms with Crippen molar-refractivity contribution in [1.82, 2.24) is 5.32 Å². The predicted octanol–water partition coefficient (Wildman–Crippen LogP) is 3.34. The number of nitrogens with one attached hydrogen (secondary N) is 1. The maximum atomic E-state index is 5.53. The van der Waals surface area contributed by atoms with Crippen LogP contribution in [-0.4, -0.2) is 32.4 Å². The highest BCUT2D eigenvalue weighted by Crippen LogP contribution is 2.45. The third kappa shape index (κ3) is 2.69. The lowest BCUT2D eigenvalue weighted by Crippen LogP contribution is -2.63. The van der Waals surface area contributed by atoms with Crippen LogP contribution in [0.5, 0.6) is 5.75 Å². The molecule has 1 aromatic carbocycles. The maximum Gasteiger partial charge on any atom is 0.118 e. The summed E-state index contributed by atoms with van der Waals surface area (Å²) in [5.74, 6) is 1.64. The molecule has 2 saturated carbocycles. The van der Waals surface area contributed by atoms with Gasteiger partial charge in [-0.15, -0.1) is 0 Å². The zero-order valence-corrected chi connectivity index (χ0v) is 13.6. The van der Waals surface area contributed by atoms with E-state index in [2.05, 4.69) is 43.4 Å². The van der Waals surface area contributed by atoms with E-state index >= 15 is 0 Å². The van der Waals surface area contributed by atoms with Crippen molar-refractivity contribution in [3.8, 4) is 5.75 Å². The van der Waals surface area contributed by atoms with Crippen molar-refractivity contribution in [3.63, 3.8) is 0 Å². The molecule has 21 heavy (non-hydrogen) atoms. The minimum Gasteiger partial charge on any atom is -0.497 e. The van der Waals surface area contributed by atoms with Gasteiger partial charge in [-0.1, -0.05) is 26.0 Å². The molecule has 1 aromatic rings. The lowest BCUT2D eigenvalue weighted by molar-refractivity contribution is -0.103. The summed E-state index contributed by atoms with van der Waals surface area (Å²) in [6, 6.07) is 9.80. The molecule has 0 bridgehead atoms. The molecule has 3 nitrogen and oxygen atoms in total. The number of methoxy groups -OCH3 is 2. The van der Waals surface area contributed by atoms with Gasteiger partial charge < -0.3 is 14.8 Å². The van der Waals surface area contributed by atoms with E-state index in [1.54, 1.807) is 7.11 Å². The van der Waals surface area contributed by atoms with Gasteiger partial charge in [-0.2, -0.15) is 0 Å². The van der Waals surface area contributed by atoms with Crippen molar-refractivity contribution in [2.24, 2.45) is 5.41 Å². The molecule has 0 saturated heterocycles. The highest BCUT2D eigenvalue weighted by molar-refractivity contribution is 5.31. The molecule has 2 fully saturated rings. The first-order chi connectivity index (χ1) is 10.0. The highest BCUT2D eigenvalue weighted by atomic mass is 16.5. The van der Waals surface area contributed by atoms with Crippen LogP contribution >= 0.6 is 0 Å². The first kappa shape index (κ1) is 14.9. The van der Waals surface area contributed by atoms with Crippen LogP contribution in [0.3, 0.4) is 0 Å². The van der Waals surface area contributed by atoms with Crippen molar-refractivity contribution in [3.05, 3.63) is 29.8 Å². The van der Waals surface area contributed by atoms with E-state index < -0.39 is 0 Å². The summed E-state index contributed by atoms with van der Waals surface area (Å²) < 4.78 is 10.7. The van der Waals surface area contributed by atoms with Crippen molar-refractivity contribution < 1.29 is 9.47 Å². The van der Waals surface area contributed by atoms with Gasteiger partial charge in [0.1, 0.15) is 5.75 Å². The monoisotopic (exact) mass is 289 g/mol. The molecular formula is C18H27NO2. The van der Waals surface area contributed by atoms with E-state index in [0.717, 1.165) is 12.2 Å². The average Bonchev–Trinajstić information content (AvgIpc) is 2.45. The molecule has 0 aromatic heterocycles. The summed E-state index contributed by atoms with van der Waals surface area (Å²) in [5, 5.41) is 3.82. The van der Waals surface area contributed by atoms with Crippen LogP contribution in [0.15, 0.2) is 24.3 Å². The average molecular weight is 289 g/mol. The molecule has 0 heterocycles. The largest absolute Gasteiger partial charge is 0.497 e. The molecular weight excluding hydrogens is 262 g/mol. The van der Waals surface area contributed by atoms with Gasteiger partial charge in [-0.3, -0.25) is 0 Å². The summed E-state index contributed by atoms with van der Waals surface area (Å²) >= 11 is 0. The Labute approximate surface area is 128 Å². The topological polar surface area (TPSA) is 30.5 Å². The Kier molecular flexibility index (Phi) is 3.98. The minimum absolute atomic E-state index is 0.264. The molecule has 0 radical (unpaired) electrons. The molecule has 116 valence electrons. The van der Waals surface area contributed by atoms with Crippen molar-refractivity contribution >= 4 is 0 Å². The van der Waals surface area contributed by atoms with Gasteiger partial charge in [0, 0.05) is 24.6 Å². The molecule has 0 spiro atoms. The fourth-order valence-corrected chi connectivity index (χ4v) is 3.75. The molecule has 2 atom stereocenters. The van der Waals surface area contributed by atoms with Crippen LogP contribution in [0, 0.1) is 5.41 Å². The van der Waals surface area contributed by atoms with Gasteiger partial charge in [-0.25, -0.2) is 0 Å². The van der Waals surface area contributed by atoms with Gasteiger partial charge in [0.15, 0.2) is 0 Å². The summed E-state index contributed by atoms with van der Waals surface area (Å²) in [6.45, 7) is 4.61. The molecule has 3 rings (SSSR count). The van der Waals surface area contributed by atoms with Crippen LogP contribution in [0.4, 0.5) is 0 Å². The van der Waals surface area contributed by atoms with E-state index in [0.29, 0.717) is 24.1 Å². The molecule has 2 aliphatic rings. The number of hydrogen-bond acceptors (Lipinski definition) is 3. The van der Waals surface area contributed by atoms with Crippen molar-refractivity contribution in [2.45, 2.75) is 57.2 Å². The molecule has 2 unspecified atom stereocenters. The number of rotatable bonds is 5. The molecule has 0 aliphatic heterocycles. The predicted molar refractivity (Wildman–Crippen MR) is 84.9 cm³/mol.